The van der Waals surface area contributed by atoms with Gasteiger partial charge in [0, 0.05) is 17.9 Å². The van der Waals surface area contributed by atoms with E-state index in [4.69, 9.17) is 0 Å². The van der Waals surface area contributed by atoms with Crippen LogP contribution in [0.4, 0.5) is 18.3 Å². The molecule has 16 heavy (non-hydrogen) atoms. The quantitative estimate of drug-likeness (QED) is 0.786. The molecule has 0 aliphatic carbocycles. The van der Waals surface area contributed by atoms with Crippen molar-refractivity contribution in [1.82, 2.24) is 10.2 Å². The molecule has 1 saturated heterocycles. The summed E-state index contributed by atoms with van der Waals surface area (Å²) in [5, 5.41) is 7.04. The zero-order valence-electron chi connectivity index (χ0n) is 8.17. The maximum atomic E-state index is 12.3. The third-order valence-corrected chi connectivity index (χ3v) is 4.21. The predicted octanol–water partition coefficient (Wildman–Crippen LogP) is 2.92. The van der Waals surface area contributed by atoms with Crippen LogP contribution in [0.25, 0.3) is 0 Å². The zero-order chi connectivity index (χ0) is 11.8. The lowest BCUT2D eigenvalue weighted by molar-refractivity contribution is -0.138. The van der Waals surface area contributed by atoms with E-state index in [9.17, 15) is 13.2 Å². The van der Waals surface area contributed by atoms with Crippen molar-refractivity contribution in [3.8, 4) is 0 Å². The van der Waals surface area contributed by atoms with Gasteiger partial charge in [-0.25, -0.2) is 0 Å². The molecule has 1 fully saturated rings. The highest BCUT2D eigenvalue weighted by atomic mass is 79.9. The van der Waals surface area contributed by atoms with Crippen LogP contribution in [0.15, 0.2) is 0 Å². The second-order valence-electron chi connectivity index (χ2n) is 3.53. The second-order valence-corrected chi connectivity index (χ2v) is 5.13. The second kappa shape index (κ2) is 4.48. The maximum Gasteiger partial charge on any atom is 0.445 e. The molecule has 2 heterocycles. The molecular weight excluding hydrogens is 307 g/mol. The number of alkyl halides is 4. The average Bonchev–Trinajstić information content (AvgIpc) is 2.84. The molecule has 0 amide bonds. The van der Waals surface area contributed by atoms with Crippen molar-refractivity contribution in [2.75, 3.05) is 16.8 Å². The Morgan fingerprint density at radius 3 is 2.75 bits per heavy atom. The molecule has 0 N–H and O–H groups in total. The highest BCUT2D eigenvalue weighted by Crippen LogP contribution is 2.36. The van der Waals surface area contributed by atoms with E-state index in [1.165, 1.54) is 0 Å². The minimum atomic E-state index is -4.39. The van der Waals surface area contributed by atoms with Crippen molar-refractivity contribution in [1.29, 1.82) is 0 Å². The summed E-state index contributed by atoms with van der Waals surface area (Å²) in [5.74, 6) is 0. The molecule has 1 unspecified atom stereocenters. The van der Waals surface area contributed by atoms with Gasteiger partial charge in [-0.15, -0.1) is 10.2 Å². The number of rotatable bonds is 2. The molecule has 0 saturated carbocycles. The summed E-state index contributed by atoms with van der Waals surface area (Å²) < 4.78 is 37.0. The third kappa shape index (κ3) is 2.32. The number of hydrogen-bond donors (Lipinski definition) is 0. The Balaban J connectivity index is 2.18. The summed E-state index contributed by atoms with van der Waals surface area (Å²) in [4.78, 5) is 1.89. The number of hydrogen-bond acceptors (Lipinski definition) is 4. The lowest BCUT2D eigenvalue weighted by atomic mass is 10.2. The van der Waals surface area contributed by atoms with Gasteiger partial charge in [0.1, 0.15) is 0 Å². The van der Waals surface area contributed by atoms with Crippen LogP contribution in [-0.2, 0) is 6.18 Å². The Morgan fingerprint density at radius 2 is 2.19 bits per heavy atom. The van der Waals surface area contributed by atoms with Gasteiger partial charge in [-0.2, -0.15) is 13.2 Å². The van der Waals surface area contributed by atoms with Crippen LogP contribution in [0, 0.1) is 0 Å². The minimum absolute atomic E-state index is 0.231. The van der Waals surface area contributed by atoms with Crippen molar-refractivity contribution < 1.29 is 13.2 Å². The fourth-order valence-corrected chi connectivity index (χ4v) is 3.18. The van der Waals surface area contributed by atoms with Crippen LogP contribution in [0.5, 0.6) is 0 Å². The largest absolute Gasteiger partial charge is 0.445 e. The van der Waals surface area contributed by atoms with Crippen molar-refractivity contribution in [2.24, 2.45) is 0 Å². The fourth-order valence-electron chi connectivity index (χ4n) is 1.69. The molecule has 0 radical (unpaired) electrons. The van der Waals surface area contributed by atoms with Gasteiger partial charge in [0.05, 0.1) is 0 Å². The smallest absolute Gasteiger partial charge is 0.343 e. The van der Waals surface area contributed by atoms with Gasteiger partial charge >= 0.3 is 6.18 Å². The Hall–Kier alpha value is -0.370. The van der Waals surface area contributed by atoms with E-state index in [-0.39, 0.29) is 6.04 Å². The summed E-state index contributed by atoms with van der Waals surface area (Å²) >= 11 is 3.97. The first-order chi connectivity index (χ1) is 7.52. The standard InChI is InChI=1S/C8H9BrF3N3S/c9-4-5-2-1-3-15(5)7-14-13-6(16-7)8(10,11)12/h5H,1-4H2. The number of halogens is 4. The summed E-state index contributed by atoms with van der Waals surface area (Å²) in [6.45, 7) is 0.753. The van der Waals surface area contributed by atoms with Crippen molar-refractivity contribution in [3.05, 3.63) is 5.01 Å². The Morgan fingerprint density at radius 1 is 1.44 bits per heavy atom. The van der Waals surface area contributed by atoms with E-state index in [0.29, 0.717) is 16.5 Å². The molecule has 1 aromatic heterocycles. The first-order valence-electron chi connectivity index (χ1n) is 4.75. The molecule has 0 spiro atoms. The fraction of sp³-hybridized carbons (Fsp3) is 0.750. The van der Waals surface area contributed by atoms with Gasteiger partial charge < -0.3 is 4.90 Å². The molecular formula is C8H9BrF3N3S. The van der Waals surface area contributed by atoms with Crippen LogP contribution in [0.3, 0.4) is 0 Å². The van der Waals surface area contributed by atoms with Crippen LogP contribution < -0.4 is 4.90 Å². The summed E-state index contributed by atoms with van der Waals surface area (Å²) in [5.41, 5.74) is 0. The van der Waals surface area contributed by atoms with E-state index in [1.54, 1.807) is 0 Å². The summed E-state index contributed by atoms with van der Waals surface area (Å²) in [6, 6.07) is 0.231. The number of anilines is 1. The molecule has 1 aliphatic heterocycles. The normalized spacial score (nSPS) is 21.8. The third-order valence-electron chi connectivity index (χ3n) is 2.46. The van der Waals surface area contributed by atoms with Gasteiger partial charge in [-0.3, -0.25) is 0 Å². The van der Waals surface area contributed by atoms with Crippen LogP contribution in [0.2, 0.25) is 0 Å². The predicted molar refractivity (Wildman–Crippen MR) is 59.1 cm³/mol. The Kier molecular flexibility index (Phi) is 3.39. The van der Waals surface area contributed by atoms with Crippen LogP contribution >= 0.6 is 27.3 Å². The maximum absolute atomic E-state index is 12.3. The molecule has 3 nitrogen and oxygen atoms in total. The Labute approximate surface area is 103 Å². The van der Waals surface area contributed by atoms with E-state index < -0.39 is 11.2 Å². The van der Waals surface area contributed by atoms with Gasteiger partial charge in [-0.1, -0.05) is 27.3 Å². The average molecular weight is 316 g/mol. The van der Waals surface area contributed by atoms with Crippen LogP contribution in [0.1, 0.15) is 17.8 Å². The van der Waals surface area contributed by atoms with Gasteiger partial charge in [0.15, 0.2) is 0 Å². The number of aromatic nitrogens is 2. The molecule has 8 heteroatoms. The van der Waals surface area contributed by atoms with Gasteiger partial charge in [0.2, 0.25) is 10.1 Å². The molecule has 0 bridgehead atoms. The Bertz CT molecular complexity index is 368. The van der Waals surface area contributed by atoms with Crippen molar-refractivity contribution in [2.45, 2.75) is 25.1 Å². The molecule has 0 aromatic carbocycles. The number of nitrogens with zero attached hydrogens (tertiary/aromatic N) is 3. The van der Waals surface area contributed by atoms with Gasteiger partial charge in [0.25, 0.3) is 0 Å². The van der Waals surface area contributed by atoms with E-state index in [2.05, 4.69) is 26.1 Å². The van der Waals surface area contributed by atoms with E-state index in [0.717, 1.165) is 24.7 Å². The van der Waals surface area contributed by atoms with Gasteiger partial charge in [-0.05, 0) is 12.8 Å². The molecule has 1 aliphatic rings. The molecule has 2 rings (SSSR count). The topological polar surface area (TPSA) is 29.0 Å². The first-order valence-corrected chi connectivity index (χ1v) is 6.69. The molecule has 90 valence electrons. The minimum Gasteiger partial charge on any atom is -0.343 e. The van der Waals surface area contributed by atoms with E-state index >= 15 is 0 Å². The first kappa shape index (κ1) is 12.1. The highest BCUT2D eigenvalue weighted by molar-refractivity contribution is 9.09. The van der Waals surface area contributed by atoms with Crippen LogP contribution in [-0.4, -0.2) is 28.1 Å². The lowest BCUT2D eigenvalue weighted by Gasteiger charge is -2.21. The van der Waals surface area contributed by atoms with E-state index in [1.807, 2.05) is 4.90 Å². The molecule has 1 aromatic rings. The monoisotopic (exact) mass is 315 g/mol. The summed E-state index contributed by atoms with van der Waals surface area (Å²) in [7, 11) is 0. The molecule has 1 atom stereocenters. The summed E-state index contributed by atoms with van der Waals surface area (Å²) in [6.07, 6.45) is -2.43. The van der Waals surface area contributed by atoms with Crippen molar-refractivity contribution in [3.63, 3.8) is 0 Å². The highest BCUT2D eigenvalue weighted by Gasteiger charge is 2.37. The SMILES string of the molecule is FC(F)(F)c1nnc(N2CCCC2CBr)s1. The lowest BCUT2D eigenvalue weighted by Crippen LogP contribution is -2.30. The zero-order valence-corrected chi connectivity index (χ0v) is 10.6. The van der Waals surface area contributed by atoms with Crippen molar-refractivity contribution >= 4 is 32.4 Å².